The number of carbonyl (C=O) groups excluding carboxylic acids is 10. The molecule has 0 bridgehead atoms. The lowest BCUT2D eigenvalue weighted by Gasteiger charge is -2.28. The molecule has 3 rings (SSSR count). The number of benzene rings is 2. The molecule has 11 amide bonds. The Kier molecular flexibility index (Phi) is 30.3. The van der Waals surface area contributed by atoms with Gasteiger partial charge < -0.3 is 92.5 Å². The maximum Gasteiger partial charge on any atom is 0.321 e. The number of aliphatic imine (C=N–C) groups is 3. The van der Waals surface area contributed by atoms with E-state index >= 15 is 0 Å². The number of primary amides is 1. The van der Waals surface area contributed by atoms with E-state index in [1.54, 1.807) is 13.8 Å². The second-order valence-corrected chi connectivity index (χ2v) is 20.6. The van der Waals surface area contributed by atoms with Gasteiger partial charge in [0.1, 0.15) is 53.8 Å². The second-order valence-electron chi connectivity index (χ2n) is 20.6. The van der Waals surface area contributed by atoms with Crippen LogP contribution in [-0.4, -0.2) is 162 Å². The van der Waals surface area contributed by atoms with Gasteiger partial charge in [-0.1, -0.05) is 45.0 Å². The fraction of sp³-hybridized carbons (Fsp3) is 0.537. The maximum absolute atomic E-state index is 14.8. The third-order valence-electron chi connectivity index (χ3n) is 12.9. The highest BCUT2D eigenvalue weighted by atomic mass is 16.3. The number of phenols is 2. The van der Waals surface area contributed by atoms with Gasteiger partial charge in [0.25, 0.3) is 0 Å². The van der Waals surface area contributed by atoms with Crippen LogP contribution in [0.1, 0.15) is 103 Å². The van der Waals surface area contributed by atoms with Crippen LogP contribution in [0.15, 0.2) is 63.5 Å². The molecule has 0 radical (unpaired) electrons. The largest absolute Gasteiger partial charge is 0.508 e. The monoisotopic (exact) mass is 1190 g/mol. The van der Waals surface area contributed by atoms with Gasteiger partial charge in [-0.15, -0.1) is 0 Å². The summed E-state index contributed by atoms with van der Waals surface area (Å²) < 4.78 is 0. The lowest BCUT2D eigenvalue weighted by Crippen LogP contribution is -2.60. The van der Waals surface area contributed by atoms with Gasteiger partial charge in [-0.25, -0.2) is 4.79 Å². The second kappa shape index (κ2) is 36.9. The minimum Gasteiger partial charge on any atom is -0.508 e. The predicted octanol–water partition coefficient (Wildman–Crippen LogP) is -3.98. The number of phenolic OH excluding ortho intramolecular Hbond substituents is 2. The molecule has 0 spiro atoms. The van der Waals surface area contributed by atoms with Gasteiger partial charge >= 0.3 is 6.03 Å². The van der Waals surface area contributed by atoms with Gasteiger partial charge in [0, 0.05) is 52.0 Å². The molecule has 1 aliphatic rings. The number of amides is 11. The van der Waals surface area contributed by atoms with Crippen molar-refractivity contribution >= 4 is 77.1 Å². The molecule has 0 aliphatic carbocycles. The van der Waals surface area contributed by atoms with E-state index in [2.05, 4.69) is 68.1 Å². The maximum atomic E-state index is 14.8. The SMILES string of the molecule is CCC(=O)N[C@H]1CC(=O)NCCCCNC(=O)NC(N)=NCCC[C@@H](C(=O)N[C@@H](CC(C)C)C(=O)N[C@@H](CCCN=C(N)N)C(=O)N[C@@H](Cc2ccc(O)cc2)C(N)=O)NC(=O)[C@H](Cc2ccc(O)cc2)NC(=O)[C@H](CCCN=C(N)N)NC1=O. The van der Waals surface area contributed by atoms with Crippen molar-refractivity contribution in [3.05, 3.63) is 59.7 Å². The highest BCUT2D eigenvalue weighted by Crippen LogP contribution is 2.16. The molecular weight excluding hydrogens is 1110 g/mol. The minimum atomic E-state index is -1.54. The normalized spacial score (nSPS) is 19.0. The molecule has 31 heteroatoms. The minimum absolute atomic E-state index is 0.00495. The Hall–Kier alpha value is -9.45. The molecule has 1 heterocycles. The smallest absolute Gasteiger partial charge is 0.321 e. The number of nitrogens with zero attached hydrogens (tertiary/aromatic N) is 3. The summed E-state index contributed by atoms with van der Waals surface area (Å²) in [4.78, 5) is 150. The fourth-order valence-corrected chi connectivity index (χ4v) is 8.46. The van der Waals surface area contributed by atoms with E-state index in [4.69, 9.17) is 34.4 Å². The molecule has 1 aliphatic heterocycles. The number of hydrogen-bond acceptors (Lipinski definition) is 16. The van der Waals surface area contributed by atoms with Crippen molar-refractivity contribution in [2.75, 3.05) is 32.7 Å². The Labute approximate surface area is 492 Å². The molecule has 24 N–H and O–H groups in total. The van der Waals surface area contributed by atoms with Gasteiger partial charge in [-0.2, -0.15) is 0 Å². The molecule has 2 aromatic carbocycles. The first-order valence-electron chi connectivity index (χ1n) is 28.0. The zero-order valence-corrected chi connectivity index (χ0v) is 48.2. The Morgan fingerprint density at radius 3 is 1.86 bits per heavy atom. The van der Waals surface area contributed by atoms with Crippen LogP contribution < -0.4 is 87.6 Å². The fourth-order valence-electron chi connectivity index (χ4n) is 8.46. The lowest BCUT2D eigenvalue weighted by molar-refractivity contribution is -0.136. The van der Waals surface area contributed by atoms with E-state index in [0.29, 0.717) is 24.0 Å². The third kappa shape index (κ3) is 27.9. The summed E-state index contributed by atoms with van der Waals surface area (Å²) in [5, 5.41) is 46.0. The van der Waals surface area contributed by atoms with Crippen molar-refractivity contribution in [3.8, 4) is 11.5 Å². The van der Waals surface area contributed by atoms with Crippen LogP contribution in [0.4, 0.5) is 4.79 Å². The third-order valence-corrected chi connectivity index (χ3v) is 12.9. The van der Waals surface area contributed by atoms with Gasteiger partial charge in [0.05, 0.1) is 6.42 Å². The van der Waals surface area contributed by atoms with Crippen LogP contribution >= 0.6 is 0 Å². The summed E-state index contributed by atoms with van der Waals surface area (Å²) in [5.74, 6) is -8.60. The van der Waals surface area contributed by atoms with Crippen LogP contribution in [0.3, 0.4) is 0 Å². The van der Waals surface area contributed by atoms with Crippen molar-refractivity contribution in [1.82, 2.24) is 53.2 Å². The highest BCUT2D eigenvalue weighted by Gasteiger charge is 2.35. The topological polar surface area (TPSA) is 525 Å². The quantitative estimate of drug-likeness (QED) is 0.0287. The molecule has 468 valence electrons. The first-order chi connectivity index (χ1) is 40.3. The summed E-state index contributed by atoms with van der Waals surface area (Å²) in [5.41, 5.74) is 34.8. The molecule has 31 nitrogen and oxygen atoms in total. The molecule has 85 heavy (non-hydrogen) atoms. The molecule has 0 aromatic heterocycles. The van der Waals surface area contributed by atoms with Crippen LogP contribution in [-0.2, 0) is 56.0 Å². The molecule has 2 aromatic rings. The lowest BCUT2D eigenvalue weighted by atomic mass is 10.00. The summed E-state index contributed by atoms with van der Waals surface area (Å²) in [6.07, 6.45) is -0.260. The van der Waals surface area contributed by atoms with Gasteiger partial charge in [0.2, 0.25) is 53.2 Å². The number of nitrogens with one attached hydrogen (secondary N) is 10. The van der Waals surface area contributed by atoms with Crippen molar-refractivity contribution in [2.45, 2.75) is 147 Å². The Morgan fingerprint density at radius 2 is 1.26 bits per heavy atom. The number of aromatic hydroxyl groups is 2. The average Bonchev–Trinajstić information content (AvgIpc) is 3.66. The zero-order valence-electron chi connectivity index (χ0n) is 48.2. The van der Waals surface area contributed by atoms with E-state index in [1.807, 2.05) is 0 Å². The Bertz CT molecular complexity index is 2660. The number of rotatable bonds is 23. The number of guanidine groups is 3. The van der Waals surface area contributed by atoms with Crippen molar-refractivity contribution in [2.24, 2.45) is 55.3 Å². The van der Waals surface area contributed by atoms with Crippen molar-refractivity contribution < 1.29 is 58.2 Å². The standard InChI is InChI=1S/C54H85N19O12/c1-4-42(76)66-41-29-43(77)61-21-5-6-22-65-54(85)73-53(60)64-25-9-12-37(68-49(83)40(28-32-15-19-34(75)20-16-32)72-47(81)36(69-50(41)84)11-8-24-63-52(58)59)46(80)71-39(26-30(2)3)48(82)67-35(10-7-23-62-51(56)57)45(79)70-38(44(55)78)27-31-13-17-33(74)18-14-31/h13-20,30,35-41,74-75H,4-12,21-29H2,1-3H3,(H2,55,78)(H,61,77)(H,66,76)(H,67,82)(H,68,83)(H,69,84)(H,70,79)(H,71,80)(H,72,81)(H4,56,57,62)(H4,58,59,63)(H4,60,64,65,73,85)/t35-,36-,37-,38-,39-,40-,41-/m0/s1. The molecule has 0 saturated carbocycles. The van der Waals surface area contributed by atoms with E-state index in [0.717, 1.165) is 0 Å². The van der Waals surface area contributed by atoms with Crippen LogP contribution in [0.2, 0.25) is 0 Å². The first-order valence-corrected chi connectivity index (χ1v) is 28.0. The molecule has 7 atom stereocenters. The highest BCUT2D eigenvalue weighted by molar-refractivity contribution is 5.99. The average molecular weight is 1190 g/mol. The van der Waals surface area contributed by atoms with Gasteiger partial charge in [-0.3, -0.25) is 63.4 Å². The summed E-state index contributed by atoms with van der Waals surface area (Å²) in [6.45, 7) is 5.31. The van der Waals surface area contributed by atoms with Gasteiger partial charge in [0.15, 0.2) is 17.9 Å². The Balaban J connectivity index is 2.11. The molecule has 0 saturated heterocycles. The van der Waals surface area contributed by atoms with E-state index in [9.17, 15) is 58.2 Å². The van der Waals surface area contributed by atoms with Crippen LogP contribution in [0.25, 0.3) is 0 Å². The summed E-state index contributed by atoms with van der Waals surface area (Å²) >= 11 is 0. The van der Waals surface area contributed by atoms with Crippen LogP contribution in [0, 0.1) is 5.92 Å². The summed E-state index contributed by atoms with van der Waals surface area (Å²) in [6, 6.07) is 0.861. The van der Waals surface area contributed by atoms with Crippen molar-refractivity contribution in [3.63, 3.8) is 0 Å². The number of hydrogen-bond donors (Lipinski definition) is 18. The molecule has 0 fully saturated rings. The zero-order chi connectivity index (χ0) is 63.0. The predicted molar refractivity (Wildman–Crippen MR) is 315 cm³/mol. The Morgan fingerprint density at radius 1 is 0.694 bits per heavy atom. The van der Waals surface area contributed by atoms with Crippen LogP contribution in [0.5, 0.6) is 11.5 Å². The van der Waals surface area contributed by atoms with E-state index in [1.165, 1.54) is 55.5 Å². The van der Waals surface area contributed by atoms with Crippen molar-refractivity contribution in [1.29, 1.82) is 0 Å². The van der Waals surface area contributed by atoms with Gasteiger partial charge in [-0.05, 0) is 99.1 Å². The first kappa shape index (κ1) is 69.8. The summed E-state index contributed by atoms with van der Waals surface area (Å²) in [7, 11) is 0. The molecule has 0 unspecified atom stereocenters. The number of carbonyl (C=O) groups is 10. The van der Waals surface area contributed by atoms with E-state index < -0.39 is 108 Å². The van der Waals surface area contributed by atoms with E-state index in [-0.39, 0.29) is 132 Å². The number of urea groups is 1. The molecular formula is C54H85N19O12. The number of nitrogens with two attached hydrogens (primary N) is 6.